The fraction of sp³-hybridized carbons (Fsp3) is 0.700. The molecule has 0 unspecified atom stereocenters. The lowest BCUT2D eigenvalue weighted by molar-refractivity contribution is -0.105. The van der Waals surface area contributed by atoms with Gasteiger partial charge in [0.05, 0.1) is 0 Å². The molecule has 0 aromatic rings. The molecule has 0 fully saturated rings. The third kappa shape index (κ3) is 2.18. The second kappa shape index (κ2) is 4.32. The fourth-order valence-electron chi connectivity index (χ4n) is 1.65. The van der Waals surface area contributed by atoms with Crippen LogP contribution >= 0.6 is 0 Å². The van der Waals surface area contributed by atoms with Gasteiger partial charge < -0.3 is 0 Å². The molecule has 1 aliphatic carbocycles. The summed E-state index contributed by atoms with van der Waals surface area (Å²) >= 11 is 0. The highest BCUT2D eigenvalue weighted by atomic mass is 16.1. The Morgan fingerprint density at radius 2 is 2.27 bits per heavy atom. The summed E-state index contributed by atoms with van der Waals surface area (Å²) in [7, 11) is 0. The largest absolute Gasteiger partial charge is 0.298 e. The molecule has 62 valence electrons. The number of hydrogen-bond acceptors (Lipinski definition) is 1. The van der Waals surface area contributed by atoms with Crippen molar-refractivity contribution in [1.29, 1.82) is 0 Å². The molecule has 0 aromatic heterocycles. The van der Waals surface area contributed by atoms with Gasteiger partial charge in [-0.15, -0.1) is 0 Å². The van der Waals surface area contributed by atoms with Gasteiger partial charge in [0.2, 0.25) is 0 Å². The van der Waals surface area contributed by atoms with Gasteiger partial charge in [0.25, 0.3) is 0 Å². The lowest BCUT2D eigenvalue weighted by atomic mass is 10.1. The van der Waals surface area contributed by atoms with E-state index in [4.69, 9.17) is 0 Å². The number of carbonyl (C=O) groups excluding carboxylic acids is 1. The molecule has 0 heterocycles. The second-order valence-electron chi connectivity index (χ2n) is 3.20. The summed E-state index contributed by atoms with van der Waals surface area (Å²) in [5.41, 5.74) is 2.53. The zero-order chi connectivity index (χ0) is 8.10. The molecule has 0 amide bonds. The number of hydrogen-bond donors (Lipinski definition) is 0. The zero-order valence-electron chi connectivity index (χ0n) is 7.23. The third-order valence-electron chi connectivity index (χ3n) is 2.35. The summed E-state index contributed by atoms with van der Waals surface area (Å²) in [6.07, 6.45) is 8.09. The van der Waals surface area contributed by atoms with E-state index in [1.165, 1.54) is 31.3 Å². The summed E-state index contributed by atoms with van der Waals surface area (Å²) < 4.78 is 0. The van der Waals surface area contributed by atoms with E-state index in [0.717, 1.165) is 24.7 Å². The van der Waals surface area contributed by atoms with Gasteiger partial charge in [0.1, 0.15) is 6.29 Å². The van der Waals surface area contributed by atoms with Crippen molar-refractivity contribution >= 4 is 6.29 Å². The zero-order valence-corrected chi connectivity index (χ0v) is 7.23. The first-order valence-corrected chi connectivity index (χ1v) is 4.54. The van der Waals surface area contributed by atoms with Crippen LogP contribution in [0.25, 0.3) is 0 Å². The van der Waals surface area contributed by atoms with E-state index in [2.05, 4.69) is 6.92 Å². The average molecular weight is 152 g/mol. The van der Waals surface area contributed by atoms with Crippen molar-refractivity contribution in [2.75, 3.05) is 0 Å². The van der Waals surface area contributed by atoms with Crippen LogP contribution in [0.1, 0.15) is 45.4 Å². The Morgan fingerprint density at radius 1 is 1.45 bits per heavy atom. The third-order valence-corrected chi connectivity index (χ3v) is 2.35. The quantitative estimate of drug-likeness (QED) is 0.566. The molecule has 0 N–H and O–H groups in total. The fourth-order valence-corrected chi connectivity index (χ4v) is 1.65. The van der Waals surface area contributed by atoms with E-state index < -0.39 is 0 Å². The van der Waals surface area contributed by atoms with E-state index in [1.807, 2.05) is 0 Å². The van der Waals surface area contributed by atoms with Crippen LogP contribution in [0.3, 0.4) is 0 Å². The van der Waals surface area contributed by atoms with Crippen molar-refractivity contribution in [1.82, 2.24) is 0 Å². The summed E-state index contributed by atoms with van der Waals surface area (Å²) in [5.74, 6) is 0. The molecule has 0 atom stereocenters. The first kappa shape index (κ1) is 8.51. The monoisotopic (exact) mass is 152 g/mol. The first-order chi connectivity index (χ1) is 5.38. The Balaban J connectivity index is 2.45. The molecule has 0 aliphatic heterocycles. The number of unbranched alkanes of at least 4 members (excludes halogenated alkanes) is 1. The molecule has 0 bridgehead atoms. The van der Waals surface area contributed by atoms with Crippen molar-refractivity contribution in [2.24, 2.45) is 0 Å². The van der Waals surface area contributed by atoms with Crippen molar-refractivity contribution < 1.29 is 4.79 Å². The molecule has 1 nitrogen and oxygen atoms in total. The van der Waals surface area contributed by atoms with Gasteiger partial charge in [-0.05, 0) is 37.7 Å². The van der Waals surface area contributed by atoms with E-state index in [1.54, 1.807) is 0 Å². The van der Waals surface area contributed by atoms with E-state index in [-0.39, 0.29) is 0 Å². The molecule has 1 rings (SSSR count). The predicted octanol–water partition coefficient (Wildman–Crippen LogP) is 2.86. The maximum atomic E-state index is 10.5. The average Bonchev–Trinajstić information content (AvgIpc) is 2.47. The molecule has 0 aromatic carbocycles. The van der Waals surface area contributed by atoms with Gasteiger partial charge in [-0.25, -0.2) is 0 Å². The highest BCUT2D eigenvalue weighted by molar-refractivity contribution is 5.75. The topological polar surface area (TPSA) is 17.1 Å². The number of allylic oxidation sites excluding steroid dienone is 2. The molecule has 1 heteroatoms. The van der Waals surface area contributed by atoms with Crippen LogP contribution in [0, 0.1) is 0 Å². The summed E-state index contributed by atoms with van der Waals surface area (Å²) in [6.45, 7) is 2.19. The van der Waals surface area contributed by atoms with Gasteiger partial charge in [-0.2, -0.15) is 0 Å². The standard InChI is InChI=1S/C10H16O/c1-2-3-5-9-6-4-7-10(9)8-11/h8H,2-7H2,1H3. The maximum absolute atomic E-state index is 10.5. The van der Waals surface area contributed by atoms with Crippen molar-refractivity contribution in [2.45, 2.75) is 45.4 Å². The highest BCUT2D eigenvalue weighted by Crippen LogP contribution is 2.27. The second-order valence-corrected chi connectivity index (χ2v) is 3.20. The normalized spacial score (nSPS) is 17.5. The molecule has 0 saturated carbocycles. The predicted molar refractivity (Wildman–Crippen MR) is 46.5 cm³/mol. The molecule has 0 radical (unpaired) electrons. The minimum Gasteiger partial charge on any atom is -0.298 e. The number of rotatable bonds is 4. The van der Waals surface area contributed by atoms with Crippen LogP contribution in [-0.4, -0.2) is 6.29 Å². The van der Waals surface area contributed by atoms with Crippen molar-refractivity contribution in [3.8, 4) is 0 Å². The summed E-state index contributed by atoms with van der Waals surface area (Å²) in [4.78, 5) is 10.5. The Hall–Kier alpha value is -0.590. The molecule has 0 saturated heterocycles. The lowest BCUT2D eigenvalue weighted by Crippen LogP contribution is -1.85. The maximum Gasteiger partial charge on any atom is 0.145 e. The van der Waals surface area contributed by atoms with Gasteiger partial charge in [-0.1, -0.05) is 18.9 Å². The van der Waals surface area contributed by atoms with Gasteiger partial charge in [0.15, 0.2) is 0 Å². The van der Waals surface area contributed by atoms with Gasteiger partial charge in [-0.3, -0.25) is 4.79 Å². The number of carbonyl (C=O) groups is 1. The van der Waals surface area contributed by atoms with Crippen molar-refractivity contribution in [3.63, 3.8) is 0 Å². The van der Waals surface area contributed by atoms with Gasteiger partial charge in [0, 0.05) is 0 Å². The van der Waals surface area contributed by atoms with Crippen LogP contribution in [0.4, 0.5) is 0 Å². The van der Waals surface area contributed by atoms with E-state index >= 15 is 0 Å². The minimum absolute atomic E-state index is 1.03. The van der Waals surface area contributed by atoms with Crippen LogP contribution < -0.4 is 0 Å². The van der Waals surface area contributed by atoms with E-state index in [9.17, 15) is 4.79 Å². The molecule has 1 aliphatic rings. The Labute approximate surface area is 68.5 Å². The Bertz CT molecular complexity index is 168. The number of aldehydes is 1. The Morgan fingerprint density at radius 3 is 2.91 bits per heavy atom. The summed E-state index contributed by atoms with van der Waals surface area (Å²) in [5, 5.41) is 0. The van der Waals surface area contributed by atoms with Crippen LogP contribution in [0.5, 0.6) is 0 Å². The summed E-state index contributed by atoms with van der Waals surface area (Å²) in [6, 6.07) is 0. The van der Waals surface area contributed by atoms with Crippen LogP contribution in [-0.2, 0) is 4.79 Å². The Kier molecular flexibility index (Phi) is 3.34. The van der Waals surface area contributed by atoms with Crippen molar-refractivity contribution in [3.05, 3.63) is 11.1 Å². The highest BCUT2D eigenvalue weighted by Gasteiger charge is 2.12. The van der Waals surface area contributed by atoms with Gasteiger partial charge >= 0.3 is 0 Å². The van der Waals surface area contributed by atoms with E-state index in [0.29, 0.717) is 0 Å². The molecule has 11 heavy (non-hydrogen) atoms. The lowest BCUT2D eigenvalue weighted by Gasteiger charge is -1.99. The van der Waals surface area contributed by atoms with Crippen LogP contribution in [0.2, 0.25) is 0 Å². The smallest absolute Gasteiger partial charge is 0.145 e. The molecular formula is C10H16O. The minimum atomic E-state index is 1.03. The SMILES string of the molecule is CCCCC1=C(C=O)CCC1. The molecular weight excluding hydrogens is 136 g/mol. The van der Waals surface area contributed by atoms with Crippen LogP contribution in [0.15, 0.2) is 11.1 Å². The first-order valence-electron chi connectivity index (χ1n) is 4.54. The molecule has 0 spiro atoms.